The minimum Gasteiger partial charge on any atom is -0.465 e. The van der Waals surface area contributed by atoms with Crippen LogP contribution in [0.2, 0.25) is 0 Å². The third-order valence-electron chi connectivity index (χ3n) is 1.23. The molecule has 0 N–H and O–H groups in total. The standard InChI is InChI=1S/C8H8O2/c1-7(4-5-9)8-3-2-6-10-8/h2-6H,1H3. The van der Waals surface area contributed by atoms with E-state index in [-0.39, 0.29) is 0 Å². The molecule has 0 unspecified atom stereocenters. The van der Waals surface area contributed by atoms with Crippen molar-refractivity contribution in [2.24, 2.45) is 0 Å². The monoisotopic (exact) mass is 136 g/mol. The fraction of sp³-hybridized carbons (Fsp3) is 0.125. The zero-order valence-corrected chi connectivity index (χ0v) is 5.70. The van der Waals surface area contributed by atoms with E-state index in [4.69, 9.17) is 4.42 Å². The van der Waals surface area contributed by atoms with Gasteiger partial charge < -0.3 is 4.42 Å². The number of carbonyl (C=O) groups excluding carboxylic acids is 1. The summed E-state index contributed by atoms with van der Waals surface area (Å²) in [5, 5.41) is 0. The van der Waals surface area contributed by atoms with Gasteiger partial charge in [-0.3, -0.25) is 4.79 Å². The first-order valence-electron chi connectivity index (χ1n) is 3.00. The molecule has 10 heavy (non-hydrogen) atoms. The molecule has 0 saturated heterocycles. The summed E-state index contributed by atoms with van der Waals surface area (Å²) in [6, 6.07) is 3.60. The lowest BCUT2D eigenvalue weighted by Gasteiger charge is -1.89. The van der Waals surface area contributed by atoms with Gasteiger partial charge in [-0.25, -0.2) is 0 Å². The van der Waals surface area contributed by atoms with Gasteiger partial charge in [0.2, 0.25) is 0 Å². The lowest BCUT2D eigenvalue weighted by Crippen LogP contribution is -1.73. The van der Waals surface area contributed by atoms with Gasteiger partial charge in [0.1, 0.15) is 12.0 Å². The zero-order valence-electron chi connectivity index (χ0n) is 5.70. The first-order valence-corrected chi connectivity index (χ1v) is 3.00. The van der Waals surface area contributed by atoms with E-state index in [2.05, 4.69) is 0 Å². The van der Waals surface area contributed by atoms with Crippen molar-refractivity contribution in [3.05, 3.63) is 30.2 Å². The molecular formula is C8H8O2. The zero-order chi connectivity index (χ0) is 7.40. The number of hydrogen-bond acceptors (Lipinski definition) is 2. The van der Waals surface area contributed by atoms with Crippen molar-refractivity contribution >= 4 is 11.9 Å². The minimum atomic E-state index is 0.743. The number of allylic oxidation sites excluding steroid dienone is 2. The van der Waals surface area contributed by atoms with Crippen molar-refractivity contribution in [1.29, 1.82) is 0 Å². The number of aldehydes is 1. The molecule has 1 rings (SSSR count). The van der Waals surface area contributed by atoms with Crippen LogP contribution in [0, 0.1) is 0 Å². The Morgan fingerprint density at radius 3 is 3.00 bits per heavy atom. The lowest BCUT2D eigenvalue weighted by atomic mass is 10.2. The van der Waals surface area contributed by atoms with E-state index in [1.807, 2.05) is 13.0 Å². The van der Waals surface area contributed by atoms with E-state index in [0.717, 1.165) is 17.6 Å². The van der Waals surface area contributed by atoms with Crippen LogP contribution in [-0.4, -0.2) is 6.29 Å². The van der Waals surface area contributed by atoms with E-state index < -0.39 is 0 Å². The fourth-order valence-electron chi connectivity index (χ4n) is 0.687. The van der Waals surface area contributed by atoms with E-state index in [1.165, 1.54) is 6.08 Å². The van der Waals surface area contributed by atoms with Gasteiger partial charge in [0.25, 0.3) is 0 Å². The maximum atomic E-state index is 9.99. The molecule has 0 saturated carbocycles. The molecule has 1 aromatic rings. The Morgan fingerprint density at radius 2 is 2.50 bits per heavy atom. The molecule has 0 aromatic carbocycles. The number of hydrogen-bond donors (Lipinski definition) is 0. The van der Waals surface area contributed by atoms with Crippen LogP contribution in [0.15, 0.2) is 28.9 Å². The van der Waals surface area contributed by atoms with E-state index in [9.17, 15) is 4.79 Å². The van der Waals surface area contributed by atoms with Gasteiger partial charge >= 0.3 is 0 Å². The summed E-state index contributed by atoms with van der Waals surface area (Å²) >= 11 is 0. The van der Waals surface area contributed by atoms with E-state index >= 15 is 0 Å². The topological polar surface area (TPSA) is 30.2 Å². The van der Waals surface area contributed by atoms with Gasteiger partial charge in [-0.05, 0) is 30.7 Å². The molecule has 0 aliphatic carbocycles. The summed E-state index contributed by atoms with van der Waals surface area (Å²) in [6.45, 7) is 1.83. The highest BCUT2D eigenvalue weighted by Crippen LogP contribution is 2.11. The highest BCUT2D eigenvalue weighted by molar-refractivity contribution is 5.78. The predicted molar refractivity (Wildman–Crippen MR) is 38.4 cm³/mol. The molecule has 0 aliphatic heterocycles. The quantitative estimate of drug-likeness (QED) is 0.459. The normalized spacial score (nSPS) is 11.5. The lowest BCUT2D eigenvalue weighted by molar-refractivity contribution is -0.104. The summed E-state index contributed by atoms with van der Waals surface area (Å²) < 4.78 is 5.02. The molecule has 0 spiro atoms. The van der Waals surface area contributed by atoms with Crippen molar-refractivity contribution in [2.75, 3.05) is 0 Å². The van der Waals surface area contributed by atoms with Crippen LogP contribution in [0.5, 0.6) is 0 Å². The van der Waals surface area contributed by atoms with E-state index in [1.54, 1.807) is 12.3 Å². The fourth-order valence-corrected chi connectivity index (χ4v) is 0.687. The highest BCUT2D eigenvalue weighted by atomic mass is 16.3. The Hall–Kier alpha value is -1.31. The van der Waals surface area contributed by atoms with Gasteiger partial charge in [-0.1, -0.05) is 0 Å². The summed E-state index contributed by atoms with van der Waals surface area (Å²) in [7, 11) is 0. The Labute approximate surface area is 59.2 Å². The second kappa shape index (κ2) is 3.01. The van der Waals surface area contributed by atoms with Crippen molar-refractivity contribution in [3.8, 4) is 0 Å². The Kier molecular flexibility index (Phi) is 2.05. The molecule has 0 fully saturated rings. The van der Waals surface area contributed by atoms with Gasteiger partial charge in [0, 0.05) is 0 Å². The molecule has 52 valence electrons. The molecule has 0 bridgehead atoms. The molecule has 2 heteroatoms. The minimum absolute atomic E-state index is 0.743. The summed E-state index contributed by atoms with van der Waals surface area (Å²) in [4.78, 5) is 9.99. The van der Waals surface area contributed by atoms with Crippen LogP contribution in [0.4, 0.5) is 0 Å². The number of furan rings is 1. The summed E-state index contributed by atoms with van der Waals surface area (Å²) in [5.41, 5.74) is 0.847. The molecule has 1 aromatic heterocycles. The number of carbonyl (C=O) groups is 1. The van der Waals surface area contributed by atoms with Crippen LogP contribution >= 0.6 is 0 Å². The van der Waals surface area contributed by atoms with Crippen LogP contribution in [-0.2, 0) is 4.79 Å². The third kappa shape index (κ3) is 1.35. The molecule has 0 amide bonds. The van der Waals surface area contributed by atoms with Crippen LogP contribution in [0.1, 0.15) is 12.7 Å². The third-order valence-corrected chi connectivity index (χ3v) is 1.23. The van der Waals surface area contributed by atoms with Crippen LogP contribution in [0.3, 0.4) is 0 Å². The molecule has 1 heterocycles. The van der Waals surface area contributed by atoms with Gasteiger partial charge in [-0.15, -0.1) is 0 Å². The van der Waals surface area contributed by atoms with Crippen molar-refractivity contribution in [3.63, 3.8) is 0 Å². The SMILES string of the molecule is CC(=CC=O)c1ccco1. The molecule has 2 nitrogen and oxygen atoms in total. The van der Waals surface area contributed by atoms with Crippen LogP contribution in [0.25, 0.3) is 5.57 Å². The maximum absolute atomic E-state index is 9.99. The van der Waals surface area contributed by atoms with Crippen molar-refractivity contribution < 1.29 is 9.21 Å². The van der Waals surface area contributed by atoms with Crippen LogP contribution < -0.4 is 0 Å². The Balaban J connectivity index is 2.86. The Bertz CT molecular complexity index is 232. The first-order chi connectivity index (χ1) is 4.84. The summed E-state index contributed by atoms with van der Waals surface area (Å²) in [5.74, 6) is 0.743. The highest BCUT2D eigenvalue weighted by Gasteiger charge is 1.94. The van der Waals surface area contributed by atoms with Crippen molar-refractivity contribution in [1.82, 2.24) is 0 Å². The molecular weight excluding hydrogens is 128 g/mol. The first kappa shape index (κ1) is 6.81. The molecule has 0 radical (unpaired) electrons. The number of rotatable bonds is 2. The summed E-state index contributed by atoms with van der Waals surface area (Å²) in [6.07, 6.45) is 3.80. The molecule has 0 atom stereocenters. The van der Waals surface area contributed by atoms with Crippen molar-refractivity contribution in [2.45, 2.75) is 6.92 Å². The second-order valence-corrected chi connectivity index (χ2v) is 1.96. The smallest absolute Gasteiger partial charge is 0.143 e. The largest absolute Gasteiger partial charge is 0.465 e. The average molecular weight is 136 g/mol. The second-order valence-electron chi connectivity index (χ2n) is 1.96. The van der Waals surface area contributed by atoms with Gasteiger partial charge in [-0.2, -0.15) is 0 Å². The Morgan fingerprint density at radius 1 is 1.70 bits per heavy atom. The average Bonchev–Trinajstić information content (AvgIpc) is 2.38. The predicted octanol–water partition coefficient (Wildman–Crippen LogP) is 1.88. The van der Waals surface area contributed by atoms with E-state index in [0.29, 0.717) is 0 Å². The van der Waals surface area contributed by atoms with Gasteiger partial charge in [0.15, 0.2) is 0 Å². The van der Waals surface area contributed by atoms with Gasteiger partial charge in [0.05, 0.1) is 6.26 Å². The maximum Gasteiger partial charge on any atom is 0.143 e. The molecule has 0 aliphatic rings.